The minimum Gasteiger partial charge on any atom is -0.367 e. The first kappa shape index (κ1) is 8.82. The molecule has 1 aromatic heterocycles. The normalized spacial score (nSPS) is 26.6. The van der Waals surface area contributed by atoms with E-state index in [0.717, 1.165) is 18.7 Å². The Bertz CT molecular complexity index is 277. The maximum Gasteiger partial charge on any atom is 0.126 e. The molecule has 1 fully saturated rings. The summed E-state index contributed by atoms with van der Waals surface area (Å²) in [5, 5.41) is 3.70. The van der Waals surface area contributed by atoms with Gasteiger partial charge < -0.3 is 5.32 Å². The molecule has 1 heterocycles. The Hall–Kier alpha value is -0.760. The molecule has 2 nitrogen and oxygen atoms in total. The molecule has 0 bridgehead atoms. The van der Waals surface area contributed by atoms with Crippen LogP contribution in [0, 0.1) is 6.92 Å². The maximum atomic E-state index is 5.87. The fourth-order valence-corrected chi connectivity index (χ4v) is 1.86. The van der Waals surface area contributed by atoms with E-state index in [9.17, 15) is 0 Å². The summed E-state index contributed by atoms with van der Waals surface area (Å²) in [4.78, 5) is 4.27. The number of aromatic nitrogens is 1. The van der Waals surface area contributed by atoms with Gasteiger partial charge in [-0.1, -0.05) is 6.07 Å². The molecule has 0 saturated heterocycles. The smallest absolute Gasteiger partial charge is 0.126 e. The van der Waals surface area contributed by atoms with Gasteiger partial charge in [-0.25, -0.2) is 4.98 Å². The molecule has 3 heteroatoms. The van der Waals surface area contributed by atoms with E-state index in [1.165, 1.54) is 5.56 Å². The summed E-state index contributed by atoms with van der Waals surface area (Å²) >= 11 is 5.87. The Morgan fingerprint density at radius 1 is 1.46 bits per heavy atom. The van der Waals surface area contributed by atoms with Crippen molar-refractivity contribution in [3.63, 3.8) is 0 Å². The molecule has 1 aliphatic rings. The fourth-order valence-electron chi connectivity index (χ4n) is 1.43. The number of anilines is 1. The van der Waals surface area contributed by atoms with Gasteiger partial charge in [-0.3, -0.25) is 0 Å². The number of alkyl halides is 1. The number of rotatable bonds is 2. The topological polar surface area (TPSA) is 24.9 Å². The Labute approximate surface area is 83.3 Å². The number of aryl methyl sites for hydroxylation is 1. The second-order valence-electron chi connectivity index (χ2n) is 3.63. The van der Waals surface area contributed by atoms with E-state index in [1.807, 2.05) is 19.2 Å². The van der Waals surface area contributed by atoms with Crippen molar-refractivity contribution in [1.82, 2.24) is 4.98 Å². The van der Waals surface area contributed by atoms with E-state index >= 15 is 0 Å². The number of nitrogens with zero attached hydrogens (tertiary/aromatic N) is 1. The van der Waals surface area contributed by atoms with E-state index < -0.39 is 0 Å². The third-order valence-electron chi connectivity index (χ3n) is 2.34. The molecular formula is C10H13ClN2. The number of pyridine rings is 1. The van der Waals surface area contributed by atoms with Gasteiger partial charge in [-0.05, 0) is 31.4 Å². The maximum absolute atomic E-state index is 5.87. The minimum absolute atomic E-state index is 0.364. The van der Waals surface area contributed by atoms with Gasteiger partial charge in [0.15, 0.2) is 0 Å². The highest BCUT2D eigenvalue weighted by Gasteiger charge is 2.26. The Morgan fingerprint density at radius 3 is 2.77 bits per heavy atom. The van der Waals surface area contributed by atoms with Crippen LogP contribution in [0.25, 0.3) is 0 Å². The molecule has 0 aliphatic heterocycles. The zero-order chi connectivity index (χ0) is 9.26. The highest BCUT2D eigenvalue weighted by atomic mass is 35.5. The summed E-state index contributed by atoms with van der Waals surface area (Å²) in [6.07, 6.45) is 3.98. The van der Waals surface area contributed by atoms with Crippen LogP contribution in [0.2, 0.25) is 0 Å². The molecule has 0 aromatic carbocycles. The van der Waals surface area contributed by atoms with Crippen molar-refractivity contribution < 1.29 is 0 Å². The number of nitrogens with one attached hydrogen (secondary N) is 1. The van der Waals surface area contributed by atoms with Crippen LogP contribution in [0.15, 0.2) is 18.3 Å². The van der Waals surface area contributed by atoms with Crippen molar-refractivity contribution in [3.05, 3.63) is 23.9 Å². The van der Waals surface area contributed by atoms with Crippen LogP contribution >= 0.6 is 11.6 Å². The molecule has 0 atom stereocenters. The molecule has 1 saturated carbocycles. The summed E-state index contributed by atoms with van der Waals surface area (Å²) in [5.74, 6) is 0.958. The third-order valence-corrected chi connectivity index (χ3v) is 2.70. The highest BCUT2D eigenvalue weighted by Crippen LogP contribution is 2.27. The predicted molar refractivity (Wildman–Crippen MR) is 55.3 cm³/mol. The van der Waals surface area contributed by atoms with Crippen molar-refractivity contribution in [2.45, 2.75) is 31.2 Å². The summed E-state index contributed by atoms with van der Waals surface area (Å²) in [7, 11) is 0. The molecule has 13 heavy (non-hydrogen) atoms. The fraction of sp³-hybridized carbons (Fsp3) is 0.500. The average Bonchev–Trinajstić information content (AvgIpc) is 2.06. The first-order valence-corrected chi connectivity index (χ1v) is 5.01. The van der Waals surface area contributed by atoms with Crippen LogP contribution < -0.4 is 5.32 Å². The lowest BCUT2D eigenvalue weighted by molar-refractivity contribution is 0.453. The van der Waals surface area contributed by atoms with E-state index in [1.54, 1.807) is 0 Å². The third kappa shape index (κ3) is 2.13. The van der Waals surface area contributed by atoms with Gasteiger partial charge in [-0.15, -0.1) is 11.6 Å². The lowest BCUT2D eigenvalue weighted by Gasteiger charge is -2.31. The van der Waals surface area contributed by atoms with Crippen molar-refractivity contribution >= 4 is 17.4 Å². The van der Waals surface area contributed by atoms with Crippen LogP contribution in [0.1, 0.15) is 18.4 Å². The SMILES string of the molecule is Cc1ccc(NC2CC(Cl)C2)nc1. The van der Waals surface area contributed by atoms with E-state index in [2.05, 4.69) is 16.4 Å². The highest BCUT2D eigenvalue weighted by molar-refractivity contribution is 6.21. The average molecular weight is 197 g/mol. The summed E-state index contributed by atoms with van der Waals surface area (Å²) in [6.45, 7) is 2.04. The van der Waals surface area contributed by atoms with Crippen molar-refractivity contribution in [2.24, 2.45) is 0 Å². The number of hydrogen-bond donors (Lipinski definition) is 1. The molecule has 0 amide bonds. The van der Waals surface area contributed by atoms with Crippen LogP contribution in [-0.2, 0) is 0 Å². The van der Waals surface area contributed by atoms with Crippen molar-refractivity contribution in [2.75, 3.05) is 5.32 Å². The second kappa shape index (κ2) is 3.54. The second-order valence-corrected chi connectivity index (χ2v) is 4.25. The van der Waals surface area contributed by atoms with Gasteiger partial charge >= 0.3 is 0 Å². The molecule has 0 unspecified atom stereocenters. The summed E-state index contributed by atoms with van der Waals surface area (Å²) < 4.78 is 0. The van der Waals surface area contributed by atoms with Gasteiger partial charge in [0.1, 0.15) is 5.82 Å². The standard InChI is InChI=1S/C10H13ClN2/c1-7-2-3-10(12-6-7)13-9-4-8(11)5-9/h2-3,6,8-9H,4-5H2,1H3,(H,12,13). The molecular weight excluding hydrogens is 184 g/mol. The van der Waals surface area contributed by atoms with E-state index in [0.29, 0.717) is 11.4 Å². The van der Waals surface area contributed by atoms with Crippen LogP contribution in [-0.4, -0.2) is 16.4 Å². The van der Waals surface area contributed by atoms with Crippen molar-refractivity contribution in [1.29, 1.82) is 0 Å². The van der Waals surface area contributed by atoms with Crippen LogP contribution in [0.3, 0.4) is 0 Å². The van der Waals surface area contributed by atoms with Gasteiger partial charge in [0, 0.05) is 17.6 Å². The summed E-state index contributed by atoms with van der Waals surface area (Å²) in [6, 6.07) is 4.60. The van der Waals surface area contributed by atoms with Gasteiger partial charge in [0.05, 0.1) is 0 Å². The Kier molecular flexibility index (Phi) is 2.40. The quantitative estimate of drug-likeness (QED) is 0.736. The first-order chi connectivity index (χ1) is 6.24. The molecule has 0 spiro atoms. The van der Waals surface area contributed by atoms with E-state index in [-0.39, 0.29) is 0 Å². The zero-order valence-electron chi connectivity index (χ0n) is 7.63. The Morgan fingerprint density at radius 2 is 2.23 bits per heavy atom. The van der Waals surface area contributed by atoms with Crippen molar-refractivity contribution in [3.8, 4) is 0 Å². The monoisotopic (exact) mass is 196 g/mol. The minimum atomic E-state index is 0.364. The summed E-state index contributed by atoms with van der Waals surface area (Å²) in [5.41, 5.74) is 1.19. The predicted octanol–water partition coefficient (Wildman–Crippen LogP) is 2.57. The Balaban J connectivity index is 1.91. The van der Waals surface area contributed by atoms with Crippen LogP contribution in [0.5, 0.6) is 0 Å². The number of hydrogen-bond acceptors (Lipinski definition) is 2. The van der Waals surface area contributed by atoms with E-state index in [4.69, 9.17) is 11.6 Å². The molecule has 1 aliphatic carbocycles. The molecule has 1 aromatic rings. The molecule has 1 N–H and O–H groups in total. The molecule has 0 radical (unpaired) electrons. The van der Waals surface area contributed by atoms with Gasteiger partial charge in [0.25, 0.3) is 0 Å². The lowest BCUT2D eigenvalue weighted by atomic mass is 9.92. The molecule has 70 valence electrons. The van der Waals surface area contributed by atoms with Crippen LogP contribution in [0.4, 0.5) is 5.82 Å². The zero-order valence-corrected chi connectivity index (χ0v) is 8.38. The van der Waals surface area contributed by atoms with Gasteiger partial charge in [-0.2, -0.15) is 0 Å². The van der Waals surface area contributed by atoms with Gasteiger partial charge in [0.2, 0.25) is 0 Å². The lowest BCUT2D eigenvalue weighted by Crippen LogP contribution is -2.36. The number of halogens is 1. The molecule has 2 rings (SSSR count). The first-order valence-electron chi connectivity index (χ1n) is 4.57. The largest absolute Gasteiger partial charge is 0.367 e.